The molecule has 22 heavy (non-hydrogen) atoms. The molecule has 0 aromatic heterocycles. The predicted octanol–water partition coefficient (Wildman–Crippen LogP) is 3.62. The zero-order chi connectivity index (χ0) is 15.8. The smallest absolute Gasteiger partial charge is 0.387 e. The molecule has 0 fully saturated rings. The van der Waals surface area contributed by atoms with E-state index in [9.17, 15) is 13.6 Å². The number of ether oxygens (including phenoxy) is 1. The number of hydrogen-bond acceptors (Lipinski definition) is 2. The van der Waals surface area contributed by atoms with Gasteiger partial charge in [0.1, 0.15) is 5.75 Å². The Morgan fingerprint density at radius 2 is 1.77 bits per heavy atom. The lowest BCUT2D eigenvalue weighted by atomic mass is 10.2. The summed E-state index contributed by atoms with van der Waals surface area (Å²) in [5, 5.41) is 2.71. The highest BCUT2D eigenvalue weighted by Crippen LogP contribution is 2.14. The van der Waals surface area contributed by atoms with E-state index in [2.05, 4.69) is 10.1 Å². The van der Waals surface area contributed by atoms with Crippen LogP contribution >= 0.6 is 0 Å². The zero-order valence-electron chi connectivity index (χ0n) is 11.7. The third kappa shape index (κ3) is 5.36. The molecule has 0 aliphatic heterocycles. The molecule has 0 spiro atoms. The van der Waals surface area contributed by atoms with Crippen molar-refractivity contribution in [1.82, 2.24) is 5.32 Å². The maximum atomic E-state index is 12.0. The van der Waals surface area contributed by atoms with Crippen LogP contribution in [0.5, 0.6) is 5.75 Å². The average molecular weight is 303 g/mol. The molecule has 0 saturated heterocycles. The molecule has 0 atom stereocenters. The number of rotatable bonds is 6. The molecule has 114 valence electrons. The first kappa shape index (κ1) is 15.7. The lowest BCUT2D eigenvalue weighted by Gasteiger charge is -2.06. The molecule has 2 aromatic carbocycles. The fraction of sp³-hybridized carbons (Fsp3) is 0.118. The molecule has 0 heterocycles. The number of halogens is 2. The second-order valence-electron chi connectivity index (χ2n) is 4.48. The summed E-state index contributed by atoms with van der Waals surface area (Å²) < 4.78 is 28.3. The van der Waals surface area contributed by atoms with E-state index in [1.807, 2.05) is 30.3 Å². The van der Waals surface area contributed by atoms with Crippen LogP contribution in [0.15, 0.2) is 60.7 Å². The largest absolute Gasteiger partial charge is 0.435 e. The average Bonchev–Trinajstić information content (AvgIpc) is 2.53. The van der Waals surface area contributed by atoms with Gasteiger partial charge in [0.2, 0.25) is 5.91 Å². The van der Waals surface area contributed by atoms with Gasteiger partial charge in [0.05, 0.1) is 0 Å². The topological polar surface area (TPSA) is 38.3 Å². The van der Waals surface area contributed by atoms with Crippen molar-refractivity contribution in [2.24, 2.45) is 0 Å². The molecule has 2 aromatic rings. The standard InChI is InChI=1S/C17H15F2NO2/c18-17(19)22-15-9-6-14(7-10-15)12-20-16(21)11-8-13-4-2-1-3-5-13/h1-11,17H,12H2,(H,20,21)/b11-8+. The van der Waals surface area contributed by atoms with Gasteiger partial charge in [-0.3, -0.25) is 4.79 Å². The summed E-state index contributed by atoms with van der Waals surface area (Å²) in [6.07, 6.45) is 3.17. The van der Waals surface area contributed by atoms with Gasteiger partial charge >= 0.3 is 6.61 Å². The first-order valence-corrected chi connectivity index (χ1v) is 6.68. The number of nitrogens with one attached hydrogen (secondary N) is 1. The van der Waals surface area contributed by atoms with Crippen LogP contribution < -0.4 is 10.1 Å². The predicted molar refractivity (Wildman–Crippen MR) is 80.4 cm³/mol. The van der Waals surface area contributed by atoms with E-state index >= 15 is 0 Å². The quantitative estimate of drug-likeness (QED) is 0.828. The Morgan fingerprint density at radius 1 is 1.09 bits per heavy atom. The van der Waals surface area contributed by atoms with Gasteiger partial charge in [-0.25, -0.2) is 0 Å². The fourth-order valence-corrected chi connectivity index (χ4v) is 1.77. The fourth-order valence-electron chi connectivity index (χ4n) is 1.77. The van der Waals surface area contributed by atoms with E-state index in [-0.39, 0.29) is 11.7 Å². The van der Waals surface area contributed by atoms with E-state index in [1.54, 1.807) is 18.2 Å². The van der Waals surface area contributed by atoms with Crippen molar-refractivity contribution in [3.8, 4) is 5.75 Å². The zero-order valence-corrected chi connectivity index (χ0v) is 11.7. The van der Waals surface area contributed by atoms with Gasteiger partial charge in [-0.15, -0.1) is 0 Å². The Bertz CT molecular complexity index is 625. The van der Waals surface area contributed by atoms with Crippen molar-refractivity contribution in [2.45, 2.75) is 13.2 Å². The van der Waals surface area contributed by atoms with Gasteiger partial charge in [-0.1, -0.05) is 42.5 Å². The van der Waals surface area contributed by atoms with Gasteiger partial charge in [-0.05, 0) is 29.3 Å². The summed E-state index contributed by atoms with van der Waals surface area (Å²) in [6.45, 7) is -2.53. The van der Waals surface area contributed by atoms with Gasteiger partial charge in [0.15, 0.2) is 0 Å². The highest BCUT2D eigenvalue weighted by Gasteiger charge is 2.03. The second kappa shape index (κ2) is 7.93. The normalized spacial score (nSPS) is 10.9. The summed E-state index contributed by atoms with van der Waals surface area (Å²) >= 11 is 0. The Balaban J connectivity index is 1.82. The van der Waals surface area contributed by atoms with Crippen LogP contribution in [0, 0.1) is 0 Å². The molecule has 0 radical (unpaired) electrons. The SMILES string of the molecule is O=C(/C=C/c1ccccc1)NCc1ccc(OC(F)F)cc1. The first-order valence-electron chi connectivity index (χ1n) is 6.68. The summed E-state index contributed by atoms with van der Waals surface area (Å²) in [7, 11) is 0. The van der Waals surface area contributed by atoms with E-state index in [0.29, 0.717) is 6.54 Å². The van der Waals surface area contributed by atoms with Crippen molar-refractivity contribution in [3.63, 3.8) is 0 Å². The van der Waals surface area contributed by atoms with Crippen LogP contribution in [0.3, 0.4) is 0 Å². The Hall–Kier alpha value is -2.69. The van der Waals surface area contributed by atoms with Crippen LogP contribution in [-0.4, -0.2) is 12.5 Å². The molecular formula is C17H15F2NO2. The maximum absolute atomic E-state index is 12.0. The minimum atomic E-state index is -2.84. The second-order valence-corrected chi connectivity index (χ2v) is 4.48. The van der Waals surface area contributed by atoms with Crippen molar-refractivity contribution >= 4 is 12.0 Å². The van der Waals surface area contributed by atoms with E-state index in [4.69, 9.17) is 0 Å². The van der Waals surface area contributed by atoms with Gasteiger partial charge < -0.3 is 10.1 Å². The third-order valence-corrected chi connectivity index (χ3v) is 2.84. The van der Waals surface area contributed by atoms with Crippen LogP contribution in [0.1, 0.15) is 11.1 Å². The van der Waals surface area contributed by atoms with Gasteiger partial charge in [0, 0.05) is 12.6 Å². The molecule has 2 rings (SSSR count). The number of carbonyl (C=O) groups excluding carboxylic acids is 1. The lowest BCUT2D eigenvalue weighted by molar-refractivity contribution is -0.116. The number of alkyl halides is 2. The molecule has 0 aliphatic carbocycles. The molecule has 5 heteroatoms. The van der Waals surface area contributed by atoms with Crippen molar-refractivity contribution in [3.05, 3.63) is 71.8 Å². The van der Waals surface area contributed by atoms with Gasteiger partial charge in [-0.2, -0.15) is 8.78 Å². The van der Waals surface area contributed by atoms with Gasteiger partial charge in [0.25, 0.3) is 0 Å². The Morgan fingerprint density at radius 3 is 2.41 bits per heavy atom. The third-order valence-electron chi connectivity index (χ3n) is 2.84. The van der Waals surface area contributed by atoms with Crippen LogP contribution in [-0.2, 0) is 11.3 Å². The summed E-state index contributed by atoms with van der Waals surface area (Å²) in [6, 6.07) is 15.6. The minimum Gasteiger partial charge on any atom is -0.435 e. The minimum absolute atomic E-state index is 0.0917. The molecule has 1 N–H and O–H groups in total. The number of benzene rings is 2. The molecular weight excluding hydrogens is 288 g/mol. The highest BCUT2D eigenvalue weighted by atomic mass is 19.3. The monoisotopic (exact) mass is 303 g/mol. The molecule has 0 saturated carbocycles. The van der Waals surface area contributed by atoms with Crippen molar-refractivity contribution in [1.29, 1.82) is 0 Å². The molecule has 1 amide bonds. The van der Waals surface area contributed by atoms with Crippen LogP contribution in [0.25, 0.3) is 6.08 Å². The molecule has 0 unspecified atom stereocenters. The van der Waals surface area contributed by atoms with E-state index in [1.165, 1.54) is 18.2 Å². The first-order chi connectivity index (χ1) is 10.6. The number of carbonyl (C=O) groups is 1. The van der Waals surface area contributed by atoms with E-state index < -0.39 is 6.61 Å². The van der Waals surface area contributed by atoms with Crippen molar-refractivity contribution in [2.75, 3.05) is 0 Å². The molecule has 3 nitrogen and oxygen atoms in total. The van der Waals surface area contributed by atoms with Crippen molar-refractivity contribution < 1.29 is 18.3 Å². The summed E-state index contributed by atoms with van der Waals surface area (Å²) in [5.74, 6) is -0.134. The van der Waals surface area contributed by atoms with Crippen LogP contribution in [0.4, 0.5) is 8.78 Å². The summed E-state index contributed by atoms with van der Waals surface area (Å²) in [4.78, 5) is 11.7. The molecule has 0 aliphatic rings. The number of amides is 1. The highest BCUT2D eigenvalue weighted by molar-refractivity contribution is 5.91. The molecule has 0 bridgehead atoms. The van der Waals surface area contributed by atoms with E-state index in [0.717, 1.165) is 11.1 Å². The Labute approximate surface area is 127 Å². The number of hydrogen-bond donors (Lipinski definition) is 1. The summed E-state index contributed by atoms with van der Waals surface area (Å²) in [5.41, 5.74) is 1.73. The lowest BCUT2D eigenvalue weighted by Crippen LogP contribution is -2.20. The van der Waals surface area contributed by atoms with Crippen LogP contribution in [0.2, 0.25) is 0 Å². The Kier molecular flexibility index (Phi) is 5.65. The maximum Gasteiger partial charge on any atom is 0.387 e.